The topological polar surface area (TPSA) is 64.6 Å². The minimum Gasteiger partial charge on any atom is -0.493 e. The predicted molar refractivity (Wildman–Crippen MR) is 101 cm³/mol. The molecule has 26 heavy (non-hydrogen) atoms. The Hall–Kier alpha value is -2.53. The van der Waals surface area contributed by atoms with E-state index in [9.17, 15) is 9.59 Å². The number of hydrogen-bond acceptors (Lipinski definition) is 4. The molecule has 0 aliphatic rings. The van der Waals surface area contributed by atoms with Gasteiger partial charge < -0.3 is 14.8 Å². The van der Waals surface area contributed by atoms with Crippen LogP contribution in [-0.2, 0) is 11.3 Å². The number of methoxy groups -OCH3 is 1. The fourth-order valence-corrected chi connectivity index (χ4v) is 2.57. The van der Waals surface area contributed by atoms with Crippen molar-refractivity contribution in [2.45, 2.75) is 26.3 Å². The molecule has 5 nitrogen and oxygen atoms in total. The molecule has 2 aromatic rings. The number of nitrogens with one attached hydrogen (secondary N) is 1. The van der Waals surface area contributed by atoms with E-state index in [-0.39, 0.29) is 11.7 Å². The third kappa shape index (κ3) is 6.08. The Kier molecular flexibility index (Phi) is 7.48. The lowest BCUT2D eigenvalue weighted by atomic mass is 10.1. The van der Waals surface area contributed by atoms with E-state index in [1.165, 1.54) is 14.0 Å². The molecule has 0 fully saturated rings. The van der Waals surface area contributed by atoms with E-state index in [0.717, 1.165) is 5.56 Å². The number of halogens is 1. The van der Waals surface area contributed by atoms with Gasteiger partial charge in [-0.15, -0.1) is 0 Å². The van der Waals surface area contributed by atoms with Crippen molar-refractivity contribution in [3.8, 4) is 11.5 Å². The SMILES string of the molecule is COc1cc(C(C)=O)ccc1OCCCC(=O)NCc1cccc(Cl)c1. The first-order valence-corrected chi connectivity index (χ1v) is 8.70. The van der Waals surface area contributed by atoms with Gasteiger partial charge in [0.25, 0.3) is 0 Å². The van der Waals surface area contributed by atoms with Gasteiger partial charge in [-0.3, -0.25) is 9.59 Å². The summed E-state index contributed by atoms with van der Waals surface area (Å²) in [4.78, 5) is 23.3. The average molecular weight is 376 g/mol. The summed E-state index contributed by atoms with van der Waals surface area (Å²) in [6, 6.07) is 12.4. The van der Waals surface area contributed by atoms with Crippen molar-refractivity contribution in [2.24, 2.45) is 0 Å². The van der Waals surface area contributed by atoms with Crippen molar-refractivity contribution in [1.29, 1.82) is 0 Å². The summed E-state index contributed by atoms with van der Waals surface area (Å²) in [6.07, 6.45) is 0.924. The second-order valence-electron chi connectivity index (χ2n) is 5.78. The Morgan fingerprint density at radius 1 is 1.12 bits per heavy atom. The zero-order valence-corrected chi connectivity index (χ0v) is 15.6. The molecule has 0 bridgehead atoms. The van der Waals surface area contributed by atoms with Gasteiger partial charge in [-0.05, 0) is 49.2 Å². The summed E-state index contributed by atoms with van der Waals surface area (Å²) in [7, 11) is 1.52. The molecule has 0 aliphatic carbocycles. The van der Waals surface area contributed by atoms with Gasteiger partial charge in [0.05, 0.1) is 13.7 Å². The van der Waals surface area contributed by atoms with Crippen molar-refractivity contribution in [2.75, 3.05) is 13.7 Å². The van der Waals surface area contributed by atoms with Crippen LogP contribution >= 0.6 is 11.6 Å². The molecule has 0 saturated carbocycles. The first-order valence-electron chi connectivity index (χ1n) is 8.32. The normalized spacial score (nSPS) is 10.3. The number of carbonyl (C=O) groups excluding carboxylic acids is 2. The molecule has 0 aliphatic heterocycles. The summed E-state index contributed by atoms with van der Waals surface area (Å²) in [6.45, 7) is 2.32. The second kappa shape index (κ2) is 9.82. The minimum atomic E-state index is -0.0486. The van der Waals surface area contributed by atoms with Gasteiger partial charge in [-0.25, -0.2) is 0 Å². The molecule has 6 heteroatoms. The maximum atomic E-state index is 11.9. The van der Waals surface area contributed by atoms with Gasteiger partial charge in [0.2, 0.25) is 5.91 Å². The number of Topliss-reactive ketones (excluding diaryl/α,β-unsaturated/α-hetero) is 1. The summed E-state index contributed by atoms with van der Waals surface area (Å²) >= 11 is 5.91. The Morgan fingerprint density at radius 2 is 1.92 bits per heavy atom. The monoisotopic (exact) mass is 375 g/mol. The third-order valence-electron chi connectivity index (χ3n) is 3.75. The zero-order chi connectivity index (χ0) is 18.9. The van der Waals surface area contributed by atoms with E-state index in [1.807, 2.05) is 18.2 Å². The Balaban J connectivity index is 1.74. The van der Waals surface area contributed by atoms with E-state index in [4.69, 9.17) is 21.1 Å². The number of rotatable bonds is 9. The maximum absolute atomic E-state index is 11.9. The van der Waals surface area contributed by atoms with Crippen molar-refractivity contribution < 1.29 is 19.1 Å². The Morgan fingerprint density at radius 3 is 2.62 bits per heavy atom. The predicted octanol–water partition coefficient (Wildman–Crippen LogP) is 4.03. The summed E-state index contributed by atoms with van der Waals surface area (Å²) < 4.78 is 10.9. The lowest BCUT2D eigenvalue weighted by Gasteiger charge is -2.11. The van der Waals surface area contributed by atoms with Crippen molar-refractivity contribution in [3.05, 3.63) is 58.6 Å². The van der Waals surface area contributed by atoms with Crippen LogP contribution in [0.15, 0.2) is 42.5 Å². The van der Waals surface area contributed by atoms with Crippen LogP contribution in [0.2, 0.25) is 5.02 Å². The second-order valence-corrected chi connectivity index (χ2v) is 6.22. The van der Waals surface area contributed by atoms with Crippen molar-refractivity contribution in [3.63, 3.8) is 0 Å². The van der Waals surface area contributed by atoms with Crippen LogP contribution in [0.3, 0.4) is 0 Å². The molecule has 1 amide bonds. The van der Waals surface area contributed by atoms with Crippen molar-refractivity contribution >= 4 is 23.3 Å². The Bertz CT molecular complexity index is 776. The third-order valence-corrected chi connectivity index (χ3v) is 3.99. The molecule has 0 unspecified atom stereocenters. The number of carbonyl (C=O) groups is 2. The Labute approximate surface area is 158 Å². The van der Waals surface area contributed by atoms with Crippen LogP contribution in [0.5, 0.6) is 11.5 Å². The van der Waals surface area contributed by atoms with Crippen LogP contribution in [0, 0.1) is 0 Å². The molecule has 0 saturated heterocycles. The zero-order valence-electron chi connectivity index (χ0n) is 14.9. The average Bonchev–Trinajstić information content (AvgIpc) is 2.63. The molecular formula is C20H22ClNO4. The lowest BCUT2D eigenvalue weighted by Crippen LogP contribution is -2.22. The summed E-state index contributed by atoms with van der Waals surface area (Å²) in [5.41, 5.74) is 1.52. The van der Waals surface area contributed by atoms with E-state index in [2.05, 4.69) is 5.32 Å². The molecule has 0 radical (unpaired) electrons. The first kappa shape index (κ1) is 19.8. The molecule has 0 aromatic heterocycles. The highest BCUT2D eigenvalue weighted by Crippen LogP contribution is 2.28. The number of benzene rings is 2. The molecule has 138 valence electrons. The van der Waals surface area contributed by atoms with Gasteiger partial charge in [0.15, 0.2) is 17.3 Å². The fraction of sp³-hybridized carbons (Fsp3) is 0.300. The minimum absolute atomic E-state index is 0.0359. The van der Waals surface area contributed by atoms with Gasteiger partial charge in [-0.1, -0.05) is 23.7 Å². The molecule has 0 atom stereocenters. The largest absolute Gasteiger partial charge is 0.493 e. The highest BCUT2D eigenvalue weighted by molar-refractivity contribution is 6.30. The highest BCUT2D eigenvalue weighted by Gasteiger charge is 2.09. The van der Waals surface area contributed by atoms with Crippen molar-refractivity contribution in [1.82, 2.24) is 5.32 Å². The highest BCUT2D eigenvalue weighted by atomic mass is 35.5. The van der Waals surface area contributed by atoms with Gasteiger partial charge in [0.1, 0.15) is 0 Å². The van der Waals surface area contributed by atoms with Gasteiger partial charge in [0, 0.05) is 23.6 Å². The molecule has 0 spiro atoms. The van der Waals surface area contributed by atoms with E-state index < -0.39 is 0 Å². The van der Waals surface area contributed by atoms with Crippen LogP contribution < -0.4 is 14.8 Å². The number of hydrogen-bond donors (Lipinski definition) is 1. The summed E-state index contributed by atoms with van der Waals surface area (Å²) in [5, 5.41) is 3.50. The lowest BCUT2D eigenvalue weighted by molar-refractivity contribution is -0.121. The molecule has 2 aromatic carbocycles. The van der Waals surface area contributed by atoms with Crippen LogP contribution in [-0.4, -0.2) is 25.4 Å². The van der Waals surface area contributed by atoms with E-state index >= 15 is 0 Å². The van der Waals surface area contributed by atoms with E-state index in [0.29, 0.717) is 48.1 Å². The first-order chi connectivity index (χ1) is 12.5. The van der Waals surface area contributed by atoms with Crippen LogP contribution in [0.25, 0.3) is 0 Å². The summed E-state index contributed by atoms with van der Waals surface area (Å²) in [5.74, 6) is 0.971. The molecule has 1 N–H and O–H groups in total. The number of ketones is 1. The number of ether oxygens (including phenoxy) is 2. The van der Waals surface area contributed by atoms with Crippen LogP contribution in [0.4, 0.5) is 0 Å². The molecular weight excluding hydrogens is 354 g/mol. The standard InChI is InChI=1S/C20H22ClNO4/c1-14(23)16-8-9-18(19(12-16)25-2)26-10-4-7-20(24)22-13-15-5-3-6-17(21)11-15/h3,5-6,8-9,11-12H,4,7,10,13H2,1-2H3,(H,22,24). The quantitative estimate of drug-likeness (QED) is 0.531. The molecule has 2 rings (SSSR count). The smallest absolute Gasteiger partial charge is 0.220 e. The molecule has 0 heterocycles. The van der Waals surface area contributed by atoms with Crippen LogP contribution in [0.1, 0.15) is 35.7 Å². The maximum Gasteiger partial charge on any atom is 0.220 e. The van der Waals surface area contributed by atoms with E-state index in [1.54, 1.807) is 24.3 Å². The van der Waals surface area contributed by atoms with Gasteiger partial charge in [-0.2, -0.15) is 0 Å². The number of amides is 1. The fourth-order valence-electron chi connectivity index (χ4n) is 2.36. The van der Waals surface area contributed by atoms with Gasteiger partial charge >= 0.3 is 0 Å².